The maximum absolute atomic E-state index is 12.2. The number of hydrogen-bond acceptors (Lipinski definition) is 4. The van der Waals surface area contributed by atoms with Crippen LogP contribution >= 0.6 is 15.9 Å². The molecule has 0 fully saturated rings. The van der Waals surface area contributed by atoms with Crippen LogP contribution in [-0.2, 0) is 10.0 Å². The molecule has 0 aliphatic carbocycles. The molecule has 0 saturated carbocycles. The highest BCUT2D eigenvalue weighted by Gasteiger charge is 2.20. The minimum absolute atomic E-state index is 0.425. The van der Waals surface area contributed by atoms with Crippen molar-refractivity contribution in [1.29, 1.82) is 0 Å². The second kappa shape index (κ2) is 7.85. The summed E-state index contributed by atoms with van der Waals surface area (Å²) in [4.78, 5) is 0. The quantitative estimate of drug-likeness (QED) is 0.695. The van der Waals surface area contributed by atoms with Gasteiger partial charge in [-0.05, 0) is 32.0 Å². The first-order chi connectivity index (χ1) is 9.39. The minimum atomic E-state index is -3.42. The van der Waals surface area contributed by atoms with Gasteiger partial charge in [-0.1, -0.05) is 22.9 Å². The fourth-order valence-corrected chi connectivity index (χ4v) is 3.05. The van der Waals surface area contributed by atoms with E-state index in [1.54, 1.807) is 25.1 Å². The molecule has 5 nitrogen and oxygen atoms in total. The lowest BCUT2D eigenvalue weighted by Gasteiger charge is -2.16. The van der Waals surface area contributed by atoms with E-state index in [9.17, 15) is 8.42 Å². The number of hydrogen-bond donors (Lipinski definition) is 2. The number of halogens is 1. The third kappa shape index (κ3) is 5.30. The summed E-state index contributed by atoms with van der Waals surface area (Å²) in [5.74, 6) is 0.592. The number of anilines is 1. The van der Waals surface area contributed by atoms with Gasteiger partial charge >= 0.3 is 0 Å². The molecule has 1 aromatic carbocycles. The van der Waals surface area contributed by atoms with Crippen molar-refractivity contribution in [3.63, 3.8) is 0 Å². The maximum Gasteiger partial charge on any atom is 0.236 e. The van der Waals surface area contributed by atoms with Crippen molar-refractivity contribution >= 4 is 31.6 Å². The molecule has 0 aromatic heterocycles. The lowest BCUT2D eigenvalue weighted by Crippen LogP contribution is -2.35. The van der Waals surface area contributed by atoms with Crippen LogP contribution in [0.5, 0.6) is 5.75 Å². The molecule has 0 amide bonds. The molecule has 0 saturated heterocycles. The maximum atomic E-state index is 12.2. The van der Waals surface area contributed by atoms with Crippen molar-refractivity contribution in [1.82, 2.24) is 5.32 Å². The number of methoxy groups -OCH3 is 1. The van der Waals surface area contributed by atoms with Crippen LogP contribution in [0.3, 0.4) is 0 Å². The van der Waals surface area contributed by atoms with Crippen molar-refractivity contribution < 1.29 is 13.2 Å². The molecule has 0 heterocycles. The molecule has 2 N–H and O–H groups in total. The van der Waals surface area contributed by atoms with Crippen LogP contribution in [0.4, 0.5) is 5.69 Å². The predicted octanol–water partition coefficient (Wildman–Crippen LogP) is 2.59. The van der Waals surface area contributed by atoms with E-state index in [-0.39, 0.29) is 0 Å². The van der Waals surface area contributed by atoms with E-state index in [0.29, 0.717) is 18.0 Å². The number of ether oxygens (including phenoxy) is 1. The van der Waals surface area contributed by atoms with E-state index in [1.165, 1.54) is 7.11 Å². The standard InChI is InChI=1S/C13H21BrN2O3S/c1-4-5-15-9-10(2)20(17,18)16-12-6-11(14)7-13(8-12)19-3/h6-8,10,15-16H,4-5,9H2,1-3H3. The normalized spacial score (nSPS) is 13.0. The van der Waals surface area contributed by atoms with Gasteiger partial charge in [0.15, 0.2) is 0 Å². The van der Waals surface area contributed by atoms with Crippen molar-refractivity contribution in [2.45, 2.75) is 25.5 Å². The Hall–Kier alpha value is -0.790. The highest BCUT2D eigenvalue weighted by Crippen LogP contribution is 2.25. The van der Waals surface area contributed by atoms with E-state index < -0.39 is 15.3 Å². The summed E-state index contributed by atoms with van der Waals surface area (Å²) < 4.78 is 32.8. The number of rotatable bonds is 8. The highest BCUT2D eigenvalue weighted by atomic mass is 79.9. The molecule has 0 aliphatic rings. The van der Waals surface area contributed by atoms with Crippen LogP contribution in [0, 0.1) is 0 Å². The summed E-state index contributed by atoms with van der Waals surface area (Å²) in [6.07, 6.45) is 0.975. The Morgan fingerprint density at radius 1 is 1.35 bits per heavy atom. The first-order valence-electron chi connectivity index (χ1n) is 6.46. The first-order valence-corrected chi connectivity index (χ1v) is 8.80. The fourth-order valence-electron chi connectivity index (χ4n) is 1.60. The van der Waals surface area contributed by atoms with E-state index in [0.717, 1.165) is 17.4 Å². The lowest BCUT2D eigenvalue weighted by molar-refractivity contribution is 0.415. The van der Waals surface area contributed by atoms with Gasteiger partial charge in [-0.3, -0.25) is 4.72 Å². The van der Waals surface area contributed by atoms with Gasteiger partial charge in [0.1, 0.15) is 5.75 Å². The Labute approximate surface area is 129 Å². The van der Waals surface area contributed by atoms with Crippen molar-refractivity contribution in [3.8, 4) is 5.75 Å². The van der Waals surface area contributed by atoms with Crippen molar-refractivity contribution in [2.75, 3.05) is 24.9 Å². The Kier molecular flexibility index (Phi) is 6.78. The summed E-state index contributed by atoms with van der Waals surface area (Å²) in [5, 5.41) is 2.59. The highest BCUT2D eigenvalue weighted by molar-refractivity contribution is 9.10. The lowest BCUT2D eigenvalue weighted by atomic mass is 10.3. The molecule has 0 bridgehead atoms. The predicted molar refractivity (Wildman–Crippen MR) is 85.9 cm³/mol. The molecule has 0 radical (unpaired) electrons. The van der Waals surface area contributed by atoms with E-state index in [2.05, 4.69) is 26.0 Å². The van der Waals surface area contributed by atoms with Gasteiger partial charge in [0.05, 0.1) is 18.0 Å². The third-order valence-corrected chi connectivity index (χ3v) is 4.96. The largest absolute Gasteiger partial charge is 0.497 e. The molecule has 1 unspecified atom stereocenters. The molecule has 1 aromatic rings. The topological polar surface area (TPSA) is 67.4 Å². The van der Waals surface area contributed by atoms with Crippen LogP contribution in [0.15, 0.2) is 22.7 Å². The van der Waals surface area contributed by atoms with Crippen LogP contribution in [0.25, 0.3) is 0 Å². The van der Waals surface area contributed by atoms with Crippen LogP contribution in [-0.4, -0.2) is 33.9 Å². The van der Waals surface area contributed by atoms with Crippen LogP contribution < -0.4 is 14.8 Å². The van der Waals surface area contributed by atoms with Gasteiger partial charge in [0.25, 0.3) is 0 Å². The number of benzene rings is 1. The molecular formula is C13H21BrN2O3S. The summed E-state index contributed by atoms with van der Waals surface area (Å²) in [5.41, 5.74) is 0.485. The minimum Gasteiger partial charge on any atom is -0.497 e. The van der Waals surface area contributed by atoms with Crippen molar-refractivity contribution in [2.24, 2.45) is 0 Å². The third-order valence-electron chi connectivity index (χ3n) is 2.76. The Balaban J connectivity index is 2.77. The summed E-state index contributed by atoms with van der Waals surface area (Å²) in [6, 6.07) is 5.12. The Morgan fingerprint density at radius 3 is 2.65 bits per heavy atom. The summed E-state index contributed by atoms with van der Waals surface area (Å²) in [6.45, 7) is 4.96. The zero-order chi connectivity index (χ0) is 15.2. The van der Waals surface area contributed by atoms with Gasteiger partial charge < -0.3 is 10.1 Å². The summed E-state index contributed by atoms with van der Waals surface area (Å²) in [7, 11) is -1.89. The molecular weight excluding hydrogens is 344 g/mol. The Bertz CT molecular complexity index is 534. The molecule has 1 rings (SSSR count). The fraction of sp³-hybridized carbons (Fsp3) is 0.538. The molecule has 0 spiro atoms. The Morgan fingerprint density at radius 2 is 2.05 bits per heavy atom. The van der Waals surface area contributed by atoms with Gasteiger partial charge in [-0.25, -0.2) is 8.42 Å². The van der Waals surface area contributed by atoms with E-state index in [4.69, 9.17) is 4.74 Å². The SMILES string of the molecule is CCCNCC(C)S(=O)(=O)Nc1cc(Br)cc(OC)c1. The van der Waals surface area contributed by atoms with Crippen LogP contribution in [0.1, 0.15) is 20.3 Å². The number of sulfonamides is 1. The second-order valence-corrected chi connectivity index (χ2v) is 7.56. The monoisotopic (exact) mass is 364 g/mol. The van der Waals surface area contributed by atoms with E-state index >= 15 is 0 Å². The summed E-state index contributed by atoms with van der Waals surface area (Å²) >= 11 is 3.32. The van der Waals surface area contributed by atoms with E-state index in [1.807, 2.05) is 6.92 Å². The molecule has 114 valence electrons. The number of nitrogens with one attached hydrogen (secondary N) is 2. The smallest absolute Gasteiger partial charge is 0.236 e. The average molecular weight is 365 g/mol. The van der Waals surface area contributed by atoms with Crippen LogP contribution in [0.2, 0.25) is 0 Å². The zero-order valence-corrected chi connectivity index (χ0v) is 14.3. The molecule has 0 aliphatic heterocycles. The van der Waals surface area contributed by atoms with Gasteiger partial charge in [0.2, 0.25) is 10.0 Å². The molecule has 1 atom stereocenters. The van der Waals surface area contributed by atoms with Gasteiger partial charge in [0, 0.05) is 17.1 Å². The van der Waals surface area contributed by atoms with Gasteiger partial charge in [-0.15, -0.1) is 0 Å². The second-order valence-electron chi connectivity index (χ2n) is 4.54. The first kappa shape index (κ1) is 17.3. The molecule has 7 heteroatoms. The zero-order valence-electron chi connectivity index (χ0n) is 11.9. The average Bonchev–Trinajstić information content (AvgIpc) is 2.37. The van der Waals surface area contributed by atoms with Gasteiger partial charge in [-0.2, -0.15) is 0 Å². The van der Waals surface area contributed by atoms with Crippen molar-refractivity contribution in [3.05, 3.63) is 22.7 Å². The molecule has 20 heavy (non-hydrogen) atoms.